The van der Waals surface area contributed by atoms with Crippen molar-refractivity contribution in [2.45, 2.75) is 58.4 Å². The molecule has 2 atom stereocenters. The number of likely N-dealkylation sites (N-methyl/N-ethyl adjacent to an activating group) is 1. The molecule has 7 nitrogen and oxygen atoms in total. The Bertz CT molecular complexity index is 1260. The summed E-state index contributed by atoms with van der Waals surface area (Å²) < 4.78 is 68.6. The minimum Gasteiger partial charge on any atom is -0.367 e. The third kappa shape index (κ3) is 9.02. The Morgan fingerprint density at radius 2 is 1.79 bits per heavy atom. The maximum Gasteiger partial charge on any atom is 0.390 e. The Morgan fingerprint density at radius 1 is 1.07 bits per heavy atom. The predicted octanol–water partition coefficient (Wildman–Crippen LogP) is 5.58. The molecule has 1 aliphatic rings. The second-order valence-corrected chi connectivity index (χ2v) is 11.3. The van der Waals surface area contributed by atoms with Crippen molar-refractivity contribution < 1.29 is 31.5 Å². The topological polar surface area (TPSA) is 76.7 Å². The Balaban J connectivity index is 1.79. The molecule has 2 aromatic rings. The molecule has 1 saturated heterocycles. The Kier molecular flexibility index (Phi) is 11.6. The van der Waals surface area contributed by atoms with E-state index in [1.54, 1.807) is 32.2 Å². The van der Waals surface area contributed by atoms with Gasteiger partial charge in [-0.05, 0) is 50.6 Å². The lowest BCUT2D eigenvalue weighted by Crippen LogP contribution is -2.54. The van der Waals surface area contributed by atoms with Crippen LogP contribution in [0.1, 0.15) is 49.5 Å². The second-order valence-electron chi connectivity index (χ2n) is 10.9. The molecule has 3 rings (SSSR count). The molecule has 1 unspecified atom stereocenters. The summed E-state index contributed by atoms with van der Waals surface area (Å²) >= 11 is 6.26. The van der Waals surface area contributed by atoms with Gasteiger partial charge in [-0.15, -0.1) is 0 Å². The summed E-state index contributed by atoms with van der Waals surface area (Å²) in [4.78, 5) is 28.8. The summed E-state index contributed by atoms with van der Waals surface area (Å²) in [5, 5.41) is 8.26. The third-order valence-corrected chi connectivity index (χ3v) is 7.50. The molecule has 232 valence electrons. The lowest BCUT2D eigenvalue weighted by atomic mass is 9.99. The maximum absolute atomic E-state index is 15.0. The average molecular weight is 618 g/mol. The van der Waals surface area contributed by atoms with Gasteiger partial charge in [-0.1, -0.05) is 31.5 Å². The molecule has 0 aromatic heterocycles. The molecule has 2 aromatic carbocycles. The zero-order chi connectivity index (χ0) is 31.2. The Morgan fingerprint density at radius 3 is 2.43 bits per heavy atom. The van der Waals surface area contributed by atoms with E-state index in [1.807, 2.05) is 23.6 Å². The molecule has 3 N–H and O–H groups in total. The number of hydrogen-bond donors (Lipinski definition) is 3. The predicted molar refractivity (Wildman–Crippen MR) is 154 cm³/mol. The number of nitrogens with zero attached hydrogens (tertiary/aromatic N) is 2. The summed E-state index contributed by atoms with van der Waals surface area (Å²) in [6, 6.07) is 6.40. The fourth-order valence-electron chi connectivity index (χ4n) is 4.87. The van der Waals surface area contributed by atoms with Crippen LogP contribution in [0.25, 0.3) is 0 Å². The standard InChI is InChI=1S/C29H37ClF5N5O2/c1-17(2)13-21-16-40(12-11-39(21)10-9-29(33,34)35)24-14-20(30)6-8-23(24)38-28(42)22-7-5-19(25(31)26(22)32)15-37-27(41)18(3)36-4/h5-8,14,17-18,21,36H,9-13,15-16H2,1-4H3,(H,37,41)(H,38,42)/t18?,21-/m0/s1. The van der Waals surface area contributed by atoms with Crippen molar-refractivity contribution in [2.24, 2.45) is 5.92 Å². The SMILES string of the molecule is CNC(C)C(=O)NCc1ccc(C(=O)Nc2ccc(Cl)cc2N2CCN(CCC(F)(F)F)[C@@H](CC(C)C)C2)c(F)c1F. The lowest BCUT2D eigenvalue weighted by Gasteiger charge is -2.43. The van der Waals surface area contributed by atoms with Crippen molar-refractivity contribution in [3.63, 3.8) is 0 Å². The largest absolute Gasteiger partial charge is 0.390 e. The van der Waals surface area contributed by atoms with Crippen molar-refractivity contribution >= 4 is 34.8 Å². The van der Waals surface area contributed by atoms with Gasteiger partial charge in [-0.2, -0.15) is 13.2 Å². The van der Waals surface area contributed by atoms with Crippen LogP contribution in [0.5, 0.6) is 0 Å². The van der Waals surface area contributed by atoms with Gasteiger partial charge in [0, 0.05) is 49.4 Å². The lowest BCUT2D eigenvalue weighted by molar-refractivity contribution is -0.139. The zero-order valence-corrected chi connectivity index (χ0v) is 24.8. The fourth-order valence-corrected chi connectivity index (χ4v) is 5.04. The molecular formula is C29H37ClF5N5O2. The molecule has 13 heteroatoms. The number of carbonyl (C=O) groups is 2. The van der Waals surface area contributed by atoms with Crippen LogP contribution in [0.3, 0.4) is 0 Å². The molecule has 0 radical (unpaired) electrons. The van der Waals surface area contributed by atoms with Crippen molar-refractivity contribution in [3.8, 4) is 0 Å². The van der Waals surface area contributed by atoms with Gasteiger partial charge in [0.2, 0.25) is 5.91 Å². The van der Waals surface area contributed by atoms with Crippen LogP contribution in [0.15, 0.2) is 30.3 Å². The van der Waals surface area contributed by atoms with Crippen molar-refractivity contribution in [1.82, 2.24) is 15.5 Å². The van der Waals surface area contributed by atoms with Crippen LogP contribution in [0.4, 0.5) is 33.3 Å². The van der Waals surface area contributed by atoms with Gasteiger partial charge in [-0.3, -0.25) is 14.5 Å². The number of anilines is 2. The van der Waals surface area contributed by atoms with Crippen LogP contribution < -0.4 is 20.9 Å². The number of amides is 2. The molecule has 1 aliphatic heterocycles. The van der Waals surface area contributed by atoms with E-state index in [0.717, 1.165) is 6.07 Å². The highest BCUT2D eigenvalue weighted by molar-refractivity contribution is 6.31. The van der Waals surface area contributed by atoms with Gasteiger partial charge in [0.15, 0.2) is 11.6 Å². The van der Waals surface area contributed by atoms with Crippen molar-refractivity contribution in [3.05, 3.63) is 58.1 Å². The normalized spacial score (nSPS) is 16.9. The Labute approximate surface area is 247 Å². The highest BCUT2D eigenvalue weighted by Crippen LogP contribution is 2.33. The summed E-state index contributed by atoms with van der Waals surface area (Å²) in [6.45, 7) is 6.40. The van der Waals surface area contributed by atoms with E-state index in [0.29, 0.717) is 42.5 Å². The number of piperazine rings is 1. The van der Waals surface area contributed by atoms with Crippen LogP contribution in [0, 0.1) is 17.6 Å². The molecule has 42 heavy (non-hydrogen) atoms. The first-order valence-electron chi connectivity index (χ1n) is 13.8. The second kappa shape index (κ2) is 14.5. The van der Waals surface area contributed by atoms with Crippen molar-refractivity contribution in [2.75, 3.05) is 43.4 Å². The minimum atomic E-state index is -4.25. The van der Waals surface area contributed by atoms with E-state index < -0.39 is 47.7 Å². The molecule has 0 bridgehead atoms. The number of halogens is 6. The summed E-state index contributed by atoms with van der Waals surface area (Å²) in [5.41, 5.74) is 0.182. The first-order chi connectivity index (χ1) is 19.7. The third-order valence-electron chi connectivity index (χ3n) is 7.27. The Hall–Kier alpha value is -2.96. The average Bonchev–Trinajstić information content (AvgIpc) is 2.92. The van der Waals surface area contributed by atoms with E-state index >= 15 is 0 Å². The number of nitrogens with one attached hydrogen (secondary N) is 3. The van der Waals surface area contributed by atoms with Gasteiger partial charge in [0.1, 0.15) is 0 Å². The van der Waals surface area contributed by atoms with E-state index in [4.69, 9.17) is 11.6 Å². The molecule has 1 heterocycles. The van der Waals surface area contributed by atoms with E-state index in [-0.39, 0.29) is 30.6 Å². The van der Waals surface area contributed by atoms with Crippen molar-refractivity contribution in [1.29, 1.82) is 0 Å². The highest BCUT2D eigenvalue weighted by Gasteiger charge is 2.33. The number of alkyl halides is 3. The quantitative estimate of drug-likeness (QED) is 0.287. The van der Waals surface area contributed by atoms with Gasteiger partial charge in [0.05, 0.1) is 29.4 Å². The summed E-state index contributed by atoms with van der Waals surface area (Å²) in [6.07, 6.45) is -4.49. The first-order valence-corrected chi connectivity index (χ1v) is 14.2. The van der Waals surface area contributed by atoms with Gasteiger partial charge >= 0.3 is 6.18 Å². The van der Waals surface area contributed by atoms with Crippen LogP contribution in [0.2, 0.25) is 5.02 Å². The maximum atomic E-state index is 15.0. The molecular weight excluding hydrogens is 581 g/mol. The molecule has 1 fully saturated rings. The first kappa shape index (κ1) is 33.5. The fraction of sp³-hybridized carbons (Fsp3) is 0.517. The smallest absolute Gasteiger partial charge is 0.367 e. The van der Waals surface area contributed by atoms with Gasteiger partial charge < -0.3 is 20.9 Å². The zero-order valence-electron chi connectivity index (χ0n) is 24.0. The summed E-state index contributed by atoms with van der Waals surface area (Å²) in [7, 11) is 1.59. The highest BCUT2D eigenvalue weighted by atomic mass is 35.5. The monoisotopic (exact) mass is 617 g/mol. The number of carbonyl (C=O) groups excluding carboxylic acids is 2. The molecule has 2 amide bonds. The van der Waals surface area contributed by atoms with Crippen LogP contribution in [-0.2, 0) is 11.3 Å². The van der Waals surface area contributed by atoms with E-state index in [2.05, 4.69) is 16.0 Å². The minimum absolute atomic E-state index is 0.104. The molecule has 0 saturated carbocycles. The number of rotatable bonds is 11. The van der Waals surface area contributed by atoms with Gasteiger partial charge in [-0.25, -0.2) is 8.78 Å². The summed E-state index contributed by atoms with van der Waals surface area (Å²) in [5.74, 6) is -3.65. The molecule has 0 aliphatic carbocycles. The van der Waals surface area contributed by atoms with Crippen LogP contribution in [-0.4, -0.2) is 68.2 Å². The number of hydrogen-bond acceptors (Lipinski definition) is 5. The van der Waals surface area contributed by atoms with Crippen LogP contribution >= 0.6 is 11.6 Å². The van der Waals surface area contributed by atoms with E-state index in [1.165, 1.54) is 6.07 Å². The number of benzene rings is 2. The van der Waals surface area contributed by atoms with Gasteiger partial charge in [0.25, 0.3) is 5.91 Å². The van der Waals surface area contributed by atoms with E-state index in [9.17, 15) is 31.5 Å². The molecule has 0 spiro atoms.